The summed E-state index contributed by atoms with van der Waals surface area (Å²) in [5.41, 5.74) is 0.884. The topological polar surface area (TPSA) is 34.9 Å². The summed E-state index contributed by atoms with van der Waals surface area (Å²) in [7, 11) is 0. The minimum absolute atomic E-state index is 0.569. The molecule has 4 heteroatoms. The van der Waals surface area contributed by atoms with Crippen molar-refractivity contribution >= 4 is 17.6 Å². The van der Waals surface area contributed by atoms with E-state index in [4.69, 9.17) is 0 Å². The van der Waals surface area contributed by atoms with Crippen LogP contribution in [0.25, 0.3) is 0 Å². The Morgan fingerprint density at radius 3 is 3.20 bits per heavy atom. The van der Waals surface area contributed by atoms with E-state index in [-0.39, 0.29) is 0 Å². The summed E-state index contributed by atoms with van der Waals surface area (Å²) in [6, 6.07) is 3.64. The predicted octanol–water partition coefficient (Wildman–Crippen LogP) is 1.81. The molecule has 0 saturated heterocycles. The Balaban J connectivity index is 2.02. The number of hydrogen-bond donors (Lipinski definition) is 0. The first-order valence-electron chi connectivity index (χ1n) is 4.38. The Morgan fingerprint density at radius 2 is 2.53 bits per heavy atom. The summed E-state index contributed by atoms with van der Waals surface area (Å²) in [6.45, 7) is 0.569. The molecule has 0 N–H and O–H groups in total. The van der Waals surface area contributed by atoms with Crippen LogP contribution < -0.4 is 0 Å². The Labute approximate surface area is 91.4 Å². The smallest absolute Gasteiger partial charge is 0.160 e. The third-order valence-electron chi connectivity index (χ3n) is 1.77. The van der Waals surface area contributed by atoms with Gasteiger partial charge in [0.25, 0.3) is 0 Å². The predicted molar refractivity (Wildman–Crippen MR) is 58.8 cm³/mol. The van der Waals surface area contributed by atoms with Crippen LogP contribution in [-0.2, 0) is 6.54 Å². The number of carbonyl (C=O) groups excluding carboxylic acids is 1. The first kappa shape index (κ1) is 9.69. The standard InChI is InChI=1S/C11H8N2OS/c14-8-11-7-10(9-15-11)3-1-5-13-6-2-4-12-13/h2,4,6-9H,5H2. The summed E-state index contributed by atoms with van der Waals surface area (Å²) in [5, 5.41) is 5.90. The van der Waals surface area contributed by atoms with E-state index in [1.807, 2.05) is 17.6 Å². The molecule has 2 aromatic heterocycles. The van der Waals surface area contributed by atoms with Crippen molar-refractivity contribution in [3.8, 4) is 11.8 Å². The molecule has 0 aliphatic carbocycles. The summed E-state index contributed by atoms with van der Waals surface area (Å²) in [4.78, 5) is 11.1. The Morgan fingerprint density at radius 1 is 1.60 bits per heavy atom. The molecule has 0 amide bonds. The first-order chi connectivity index (χ1) is 7.38. The van der Waals surface area contributed by atoms with Crippen molar-refractivity contribution in [1.82, 2.24) is 9.78 Å². The lowest BCUT2D eigenvalue weighted by molar-refractivity contribution is 0.112. The highest BCUT2D eigenvalue weighted by Gasteiger charge is 1.93. The molecule has 3 nitrogen and oxygen atoms in total. The molecule has 2 heterocycles. The fourth-order valence-corrected chi connectivity index (χ4v) is 1.74. The molecule has 0 atom stereocenters. The fourth-order valence-electron chi connectivity index (χ4n) is 1.10. The minimum Gasteiger partial charge on any atom is -0.297 e. The number of carbonyl (C=O) groups is 1. The molecule has 0 saturated carbocycles. The van der Waals surface area contributed by atoms with Crippen molar-refractivity contribution in [2.24, 2.45) is 0 Å². The van der Waals surface area contributed by atoms with E-state index in [9.17, 15) is 4.79 Å². The molecule has 2 rings (SSSR count). The van der Waals surface area contributed by atoms with Gasteiger partial charge in [-0.25, -0.2) is 0 Å². The maximum Gasteiger partial charge on any atom is 0.160 e. The van der Waals surface area contributed by atoms with Crippen molar-refractivity contribution in [2.45, 2.75) is 6.54 Å². The maximum atomic E-state index is 10.4. The summed E-state index contributed by atoms with van der Waals surface area (Å²) >= 11 is 1.40. The highest BCUT2D eigenvalue weighted by Crippen LogP contribution is 2.10. The van der Waals surface area contributed by atoms with Gasteiger partial charge in [0.05, 0.1) is 4.88 Å². The second kappa shape index (κ2) is 4.58. The Kier molecular flexibility index (Phi) is 2.96. The van der Waals surface area contributed by atoms with Gasteiger partial charge in [-0.1, -0.05) is 11.8 Å². The molecule has 0 spiro atoms. The molecule has 0 fully saturated rings. The van der Waals surface area contributed by atoms with Crippen LogP contribution in [0.5, 0.6) is 0 Å². The Hall–Kier alpha value is -1.86. The second-order valence-electron chi connectivity index (χ2n) is 2.86. The first-order valence-corrected chi connectivity index (χ1v) is 5.26. The number of hydrogen-bond acceptors (Lipinski definition) is 3. The van der Waals surface area contributed by atoms with E-state index >= 15 is 0 Å². The van der Waals surface area contributed by atoms with Crippen molar-refractivity contribution < 1.29 is 4.79 Å². The number of thiophene rings is 1. The molecule has 0 aliphatic rings. The van der Waals surface area contributed by atoms with E-state index < -0.39 is 0 Å². The van der Waals surface area contributed by atoms with Crippen LogP contribution in [0.15, 0.2) is 29.9 Å². The molecule has 2 aromatic rings. The van der Waals surface area contributed by atoms with Crippen LogP contribution in [0.2, 0.25) is 0 Å². The number of nitrogens with zero attached hydrogens (tertiary/aromatic N) is 2. The number of aromatic nitrogens is 2. The normalized spacial score (nSPS) is 9.33. The largest absolute Gasteiger partial charge is 0.297 e. The fraction of sp³-hybridized carbons (Fsp3) is 0.0909. The van der Waals surface area contributed by atoms with Gasteiger partial charge in [0.1, 0.15) is 6.54 Å². The number of rotatable bonds is 2. The molecule has 0 aliphatic heterocycles. The maximum absolute atomic E-state index is 10.4. The molecular formula is C11H8N2OS. The molecule has 74 valence electrons. The average Bonchev–Trinajstić information content (AvgIpc) is 2.88. The van der Waals surface area contributed by atoms with E-state index in [0.29, 0.717) is 11.4 Å². The molecular weight excluding hydrogens is 208 g/mol. The lowest BCUT2D eigenvalue weighted by atomic mass is 10.3. The van der Waals surface area contributed by atoms with Crippen LogP contribution in [-0.4, -0.2) is 16.1 Å². The lowest BCUT2D eigenvalue weighted by Gasteiger charge is -1.89. The van der Waals surface area contributed by atoms with Gasteiger partial charge in [0.2, 0.25) is 0 Å². The highest BCUT2D eigenvalue weighted by molar-refractivity contribution is 7.11. The van der Waals surface area contributed by atoms with Crippen LogP contribution in [0.1, 0.15) is 15.2 Å². The van der Waals surface area contributed by atoms with Crippen molar-refractivity contribution in [3.05, 3.63) is 40.3 Å². The van der Waals surface area contributed by atoms with E-state index in [1.54, 1.807) is 16.9 Å². The highest BCUT2D eigenvalue weighted by atomic mass is 32.1. The van der Waals surface area contributed by atoms with Gasteiger partial charge in [-0.2, -0.15) is 5.10 Å². The molecule has 0 aromatic carbocycles. The minimum atomic E-state index is 0.569. The van der Waals surface area contributed by atoms with Crippen LogP contribution in [0.3, 0.4) is 0 Å². The van der Waals surface area contributed by atoms with Gasteiger partial charge < -0.3 is 0 Å². The van der Waals surface area contributed by atoms with Crippen LogP contribution in [0.4, 0.5) is 0 Å². The van der Waals surface area contributed by atoms with Crippen LogP contribution >= 0.6 is 11.3 Å². The van der Waals surface area contributed by atoms with Gasteiger partial charge in [-0.3, -0.25) is 9.48 Å². The zero-order chi connectivity index (χ0) is 10.5. The lowest BCUT2D eigenvalue weighted by Crippen LogP contribution is -1.94. The molecule has 0 radical (unpaired) electrons. The summed E-state index contributed by atoms with van der Waals surface area (Å²) in [5.74, 6) is 5.96. The molecule has 15 heavy (non-hydrogen) atoms. The van der Waals surface area contributed by atoms with Crippen molar-refractivity contribution in [3.63, 3.8) is 0 Å². The van der Waals surface area contributed by atoms with Gasteiger partial charge >= 0.3 is 0 Å². The zero-order valence-corrected chi connectivity index (χ0v) is 8.70. The van der Waals surface area contributed by atoms with Crippen LogP contribution in [0, 0.1) is 11.8 Å². The van der Waals surface area contributed by atoms with E-state index in [2.05, 4.69) is 16.9 Å². The average molecular weight is 216 g/mol. The van der Waals surface area contributed by atoms with Gasteiger partial charge in [0, 0.05) is 23.3 Å². The molecule has 0 unspecified atom stereocenters. The number of aldehydes is 1. The van der Waals surface area contributed by atoms with E-state index in [0.717, 1.165) is 11.8 Å². The second-order valence-corrected chi connectivity index (χ2v) is 3.80. The third kappa shape index (κ3) is 2.55. The summed E-state index contributed by atoms with van der Waals surface area (Å²) in [6.07, 6.45) is 4.42. The zero-order valence-electron chi connectivity index (χ0n) is 7.88. The third-order valence-corrected chi connectivity index (χ3v) is 2.63. The van der Waals surface area contributed by atoms with Crippen molar-refractivity contribution in [1.29, 1.82) is 0 Å². The van der Waals surface area contributed by atoms with Gasteiger partial charge in [-0.15, -0.1) is 11.3 Å². The monoisotopic (exact) mass is 216 g/mol. The van der Waals surface area contributed by atoms with Gasteiger partial charge in [-0.05, 0) is 12.1 Å². The SMILES string of the molecule is O=Cc1cc(C#CCn2cccn2)cs1. The summed E-state index contributed by atoms with van der Waals surface area (Å²) < 4.78 is 1.75. The van der Waals surface area contributed by atoms with E-state index in [1.165, 1.54) is 11.3 Å². The quantitative estimate of drug-likeness (QED) is 0.567. The van der Waals surface area contributed by atoms with Crippen molar-refractivity contribution in [2.75, 3.05) is 0 Å². The van der Waals surface area contributed by atoms with Gasteiger partial charge in [0.15, 0.2) is 6.29 Å². The molecule has 0 bridgehead atoms. The Bertz CT molecular complexity index is 502.